The van der Waals surface area contributed by atoms with Crippen molar-refractivity contribution in [1.29, 1.82) is 0 Å². The van der Waals surface area contributed by atoms with Crippen molar-refractivity contribution in [3.8, 4) is 5.69 Å². The van der Waals surface area contributed by atoms with E-state index >= 15 is 0 Å². The van der Waals surface area contributed by atoms with Crippen LogP contribution in [-0.2, 0) is 0 Å². The highest BCUT2D eigenvalue weighted by atomic mass is 16.2. The van der Waals surface area contributed by atoms with Crippen LogP contribution in [0.1, 0.15) is 44.9 Å². The maximum Gasteiger partial charge on any atom is 0.275 e. The Morgan fingerprint density at radius 1 is 1.03 bits per heavy atom. The number of fused-ring (bicyclic) bond motifs is 3. The molecule has 8 nitrogen and oxygen atoms in total. The van der Waals surface area contributed by atoms with Gasteiger partial charge < -0.3 is 9.80 Å². The molecule has 2 amide bonds. The van der Waals surface area contributed by atoms with E-state index in [9.17, 15) is 9.59 Å². The summed E-state index contributed by atoms with van der Waals surface area (Å²) in [5.41, 5.74) is 4.47. The topological polar surface area (TPSA) is 84.2 Å². The van der Waals surface area contributed by atoms with Crippen LogP contribution in [0.25, 0.3) is 11.4 Å². The van der Waals surface area contributed by atoms with E-state index in [2.05, 4.69) is 21.3 Å². The van der Waals surface area contributed by atoms with Gasteiger partial charge in [-0.25, -0.2) is 4.98 Å². The summed E-state index contributed by atoms with van der Waals surface area (Å²) in [6, 6.07) is 11.6. The fourth-order valence-electron chi connectivity index (χ4n) is 6.07. The van der Waals surface area contributed by atoms with E-state index in [0.29, 0.717) is 23.8 Å². The number of amides is 2. The lowest BCUT2D eigenvalue weighted by molar-refractivity contribution is -0.0531. The molecule has 0 unspecified atom stereocenters. The molecule has 0 radical (unpaired) electrons. The van der Waals surface area contributed by atoms with Gasteiger partial charge in [0.25, 0.3) is 11.8 Å². The second-order valence-electron chi connectivity index (χ2n) is 9.39. The van der Waals surface area contributed by atoms with Gasteiger partial charge in [-0.3, -0.25) is 9.59 Å². The standard InChI is InChI=1S/C25H22N6O2/c1-14-6-7-20(31-26-8-9-27-31)23(28-14)25(33)30-16-10-15(11-16)19-12-21-17-4-2-3-5-18(17)24(32)29(21)13-22(19)30/h2-9,12,15-16,19,22H,10-11,13H2,1H3/t15?,16?,19-,22+/m0/s1. The van der Waals surface area contributed by atoms with Gasteiger partial charge in [-0.15, -0.1) is 4.80 Å². The van der Waals surface area contributed by atoms with Gasteiger partial charge in [0.05, 0.1) is 18.4 Å². The summed E-state index contributed by atoms with van der Waals surface area (Å²) in [4.78, 5) is 37.1. The third kappa shape index (κ3) is 2.54. The molecule has 5 aliphatic rings. The number of rotatable bonds is 2. The van der Waals surface area contributed by atoms with E-state index in [4.69, 9.17) is 0 Å². The second-order valence-corrected chi connectivity index (χ2v) is 9.39. The summed E-state index contributed by atoms with van der Waals surface area (Å²) in [5.74, 6) is 0.710. The first-order chi connectivity index (χ1) is 16.1. The predicted molar refractivity (Wildman–Crippen MR) is 119 cm³/mol. The van der Waals surface area contributed by atoms with Crippen LogP contribution < -0.4 is 0 Å². The average molecular weight is 438 g/mol. The summed E-state index contributed by atoms with van der Waals surface area (Å²) in [6.07, 6.45) is 7.41. The van der Waals surface area contributed by atoms with Crippen LogP contribution in [0, 0.1) is 18.8 Å². The predicted octanol–water partition coefficient (Wildman–Crippen LogP) is 2.70. The Kier molecular flexibility index (Phi) is 3.75. The smallest absolute Gasteiger partial charge is 0.275 e. The van der Waals surface area contributed by atoms with E-state index in [0.717, 1.165) is 35.4 Å². The lowest BCUT2D eigenvalue weighted by atomic mass is 9.62. The maximum atomic E-state index is 14.0. The quantitative estimate of drug-likeness (QED) is 0.614. The number of carbonyl (C=O) groups is 2. The molecule has 2 atom stereocenters. The summed E-state index contributed by atoms with van der Waals surface area (Å²) in [5, 5.41) is 8.45. The van der Waals surface area contributed by atoms with Crippen LogP contribution in [0.15, 0.2) is 54.9 Å². The van der Waals surface area contributed by atoms with Gasteiger partial charge in [0.1, 0.15) is 5.69 Å². The van der Waals surface area contributed by atoms with Crippen molar-refractivity contribution in [3.63, 3.8) is 0 Å². The fraction of sp³-hybridized carbons (Fsp3) is 0.320. The van der Waals surface area contributed by atoms with Crippen molar-refractivity contribution in [2.24, 2.45) is 11.8 Å². The Labute approximate surface area is 190 Å². The zero-order valence-corrected chi connectivity index (χ0v) is 18.1. The van der Waals surface area contributed by atoms with Gasteiger partial charge in [-0.05, 0) is 43.9 Å². The SMILES string of the molecule is Cc1ccc(-n2nccn2)c(C(=O)N2C3CC(C3)[C@@H]3C=C4c5ccccc5C(=O)N4C[C@H]32)n1. The molecule has 1 aromatic carbocycles. The lowest BCUT2D eigenvalue weighted by Crippen LogP contribution is -2.66. The van der Waals surface area contributed by atoms with Crippen molar-refractivity contribution in [2.75, 3.05) is 6.54 Å². The van der Waals surface area contributed by atoms with Gasteiger partial charge in [-0.2, -0.15) is 10.2 Å². The second kappa shape index (κ2) is 6.60. The summed E-state index contributed by atoms with van der Waals surface area (Å²) in [7, 11) is 0. The van der Waals surface area contributed by atoms with Gasteiger partial charge >= 0.3 is 0 Å². The first kappa shape index (κ1) is 18.7. The fourth-order valence-corrected chi connectivity index (χ4v) is 6.07. The summed E-state index contributed by atoms with van der Waals surface area (Å²) in [6.45, 7) is 2.40. The molecule has 1 aliphatic carbocycles. The third-order valence-corrected chi connectivity index (χ3v) is 7.66. The Hall–Kier alpha value is -3.81. The van der Waals surface area contributed by atoms with Crippen molar-refractivity contribution >= 4 is 17.5 Å². The first-order valence-electron chi connectivity index (χ1n) is 11.4. The molecule has 6 heterocycles. The molecular formula is C25H22N6O2. The van der Waals surface area contributed by atoms with E-state index < -0.39 is 0 Å². The molecule has 4 aliphatic heterocycles. The number of aryl methyl sites for hydroxylation is 1. The molecule has 2 bridgehead atoms. The van der Waals surface area contributed by atoms with Crippen LogP contribution in [-0.4, -0.2) is 60.2 Å². The average Bonchev–Trinajstić information content (AvgIpc) is 3.44. The molecule has 164 valence electrons. The number of hydrogen-bond donors (Lipinski definition) is 0. The number of piperidine rings is 2. The third-order valence-electron chi connectivity index (χ3n) is 7.66. The highest BCUT2D eigenvalue weighted by molar-refractivity contribution is 6.09. The minimum absolute atomic E-state index is 0.0251. The number of benzene rings is 1. The zero-order chi connectivity index (χ0) is 22.3. The van der Waals surface area contributed by atoms with Crippen LogP contribution >= 0.6 is 0 Å². The normalized spacial score (nSPS) is 26.8. The van der Waals surface area contributed by atoms with Crippen molar-refractivity contribution < 1.29 is 9.59 Å². The lowest BCUT2D eigenvalue weighted by Gasteiger charge is -2.59. The molecule has 8 heteroatoms. The van der Waals surface area contributed by atoms with Crippen molar-refractivity contribution in [1.82, 2.24) is 29.8 Å². The monoisotopic (exact) mass is 438 g/mol. The molecule has 3 fully saturated rings. The Balaban J connectivity index is 1.30. The van der Waals surface area contributed by atoms with Crippen LogP contribution in [0.2, 0.25) is 0 Å². The van der Waals surface area contributed by atoms with Crippen molar-refractivity contribution in [2.45, 2.75) is 31.8 Å². The number of carbonyl (C=O) groups excluding carboxylic acids is 2. The largest absolute Gasteiger partial charge is 0.329 e. The van der Waals surface area contributed by atoms with E-state index in [-0.39, 0.29) is 29.8 Å². The Morgan fingerprint density at radius 2 is 1.79 bits per heavy atom. The Bertz CT molecular complexity index is 1340. The maximum absolute atomic E-state index is 14.0. The van der Waals surface area contributed by atoms with Gasteiger partial charge in [0.15, 0.2) is 5.69 Å². The van der Waals surface area contributed by atoms with Crippen LogP contribution in [0.4, 0.5) is 0 Å². The van der Waals surface area contributed by atoms with Crippen LogP contribution in [0.3, 0.4) is 0 Å². The molecule has 0 N–H and O–H groups in total. The summed E-state index contributed by atoms with van der Waals surface area (Å²) < 4.78 is 0. The van der Waals surface area contributed by atoms with Gasteiger partial charge in [-0.1, -0.05) is 24.3 Å². The van der Waals surface area contributed by atoms with Gasteiger partial charge in [0, 0.05) is 41.0 Å². The molecular weight excluding hydrogens is 416 g/mol. The van der Waals surface area contributed by atoms with E-state index in [1.165, 1.54) is 4.80 Å². The molecule has 2 saturated heterocycles. The highest BCUT2D eigenvalue weighted by Crippen LogP contribution is 2.52. The molecule has 33 heavy (non-hydrogen) atoms. The highest BCUT2D eigenvalue weighted by Gasteiger charge is 2.55. The minimum Gasteiger partial charge on any atom is -0.329 e. The zero-order valence-electron chi connectivity index (χ0n) is 18.1. The van der Waals surface area contributed by atoms with E-state index in [1.54, 1.807) is 12.4 Å². The van der Waals surface area contributed by atoms with Crippen molar-refractivity contribution in [3.05, 3.63) is 77.4 Å². The summed E-state index contributed by atoms with van der Waals surface area (Å²) >= 11 is 0. The first-order valence-corrected chi connectivity index (χ1v) is 11.4. The number of hydrogen-bond acceptors (Lipinski definition) is 5. The minimum atomic E-state index is -0.106. The van der Waals surface area contributed by atoms with Crippen LogP contribution in [0.5, 0.6) is 0 Å². The van der Waals surface area contributed by atoms with Gasteiger partial charge in [0.2, 0.25) is 0 Å². The molecule has 8 rings (SSSR count). The molecule has 2 aromatic heterocycles. The number of aromatic nitrogens is 4. The number of nitrogens with zero attached hydrogens (tertiary/aromatic N) is 6. The number of pyridine rings is 1. The molecule has 3 aromatic rings. The molecule has 0 spiro atoms. The Morgan fingerprint density at radius 3 is 2.58 bits per heavy atom. The van der Waals surface area contributed by atoms with E-state index in [1.807, 2.05) is 53.1 Å². The molecule has 1 saturated carbocycles.